The predicted molar refractivity (Wildman–Crippen MR) is 108 cm³/mol. The van der Waals surface area contributed by atoms with E-state index in [0.717, 1.165) is 27.8 Å². The zero-order valence-corrected chi connectivity index (χ0v) is 15.1. The molecule has 0 aliphatic carbocycles. The van der Waals surface area contributed by atoms with Crippen molar-refractivity contribution in [1.82, 2.24) is 4.98 Å². The first kappa shape index (κ1) is 17.0. The molecule has 27 heavy (non-hydrogen) atoms. The van der Waals surface area contributed by atoms with Gasteiger partial charge in [0.25, 0.3) is 0 Å². The van der Waals surface area contributed by atoms with Crippen LogP contribution in [-0.2, 0) is 11.2 Å². The Morgan fingerprint density at radius 1 is 0.963 bits per heavy atom. The Kier molecular flexibility index (Phi) is 4.71. The van der Waals surface area contributed by atoms with Gasteiger partial charge in [0.2, 0.25) is 5.91 Å². The van der Waals surface area contributed by atoms with Crippen LogP contribution in [0.3, 0.4) is 0 Å². The number of aryl methyl sites for hydroxylation is 1. The zero-order chi connectivity index (χ0) is 18.6. The molecule has 0 bridgehead atoms. The third-order valence-electron chi connectivity index (χ3n) is 4.67. The van der Waals surface area contributed by atoms with Crippen LogP contribution in [0.2, 0.25) is 0 Å². The van der Waals surface area contributed by atoms with E-state index in [-0.39, 0.29) is 5.91 Å². The second kappa shape index (κ2) is 7.46. The Labute approximate surface area is 158 Å². The summed E-state index contributed by atoms with van der Waals surface area (Å²) >= 11 is 0. The second-order valence-corrected chi connectivity index (χ2v) is 6.44. The summed E-state index contributed by atoms with van der Waals surface area (Å²) in [6.07, 6.45) is 2.53. The molecule has 0 saturated carbocycles. The van der Waals surface area contributed by atoms with Crippen LogP contribution in [-0.4, -0.2) is 17.9 Å². The number of benzene rings is 3. The number of carbonyl (C=O) groups is 1. The lowest BCUT2D eigenvalue weighted by Gasteiger charge is -2.19. The summed E-state index contributed by atoms with van der Waals surface area (Å²) in [5.74, 6) is 1.33. The Hall–Kier alpha value is -3.40. The zero-order valence-electron chi connectivity index (χ0n) is 15.1. The van der Waals surface area contributed by atoms with Crippen molar-refractivity contribution < 1.29 is 9.21 Å². The van der Waals surface area contributed by atoms with E-state index in [2.05, 4.69) is 17.1 Å². The fourth-order valence-electron chi connectivity index (χ4n) is 3.18. The number of aromatic nitrogens is 1. The summed E-state index contributed by atoms with van der Waals surface area (Å²) in [4.78, 5) is 18.7. The van der Waals surface area contributed by atoms with Crippen molar-refractivity contribution in [2.24, 2.45) is 0 Å². The number of rotatable bonds is 5. The lowest BCUT2D eigenvalue weighted by atomic mass is 10.1. The van der Waals surface area contributed by atoms with Gasteiger partial charge < -0.3 is 9.32 Å². The number of hydrogen-bond acceptors (Lipinski definition) is 3. The van der Waals surface area contributed by atoms with Gasteiger partial charge >= 0.3 is 0 Å². The minimum atomic E-state index is 0.0332. The molecule has 0 fully saturated rings. The van der Waals surface area contributed by atoms with Crippen molar-refractivity contribution in [3.63, 3.8) is 0 Å². The van der Waals surface area contributed by atoms with Gasteiger partial charge in [-0.3, -0.25) is 4.79 Å². The minimum absolute atomic E-state index is 0.0332. The first-order valence-corrected chi connectivity index (χ1v) is 8.97. The Morgan fingerprint density at radius 3 is 2.56 bits per heavy atom. The van der Waals surface area contributed by atoms with Crippen molar-refractivity contribution in [3.05, 3.63) is 84.9 Å². The highest BCUT2D eigenvalue weighted by Gasteiger charge is 2.15. The Morgan fingerprint density at radius 2 is 1.70 bits per heavy atom. The average molecular weight is 356 g/mol. The van der Waals surface area contributed by atoms with Crippen LogP contribution >= 0.6 is 0 Å². The minimum Gasteiger partial charge on any atom is -0.441 e. The molecule has 0 radical (unpaired) electrons. The molecule has 0 saturated heterocycles. The molecule has 0 atom stereocenters. The lowest BCUT2D eigenvalue weighted by molar-refractivity contribution is -0.118. The van der Waals surface area contributed by atoms with E-state index in [1.54, 1.807) is 11.1 Å². The number of fused-ring (bicyclic) bond motifs is 1. The number of amides is 1. The molecule has 4 nitrogen and oxygen atoms in total. The van der Waals surface area contributed by atoms with Crippen molar-refractivity contribution in [1.29, 1.82) is 0 Å². The highest BCUT2D eigenvalue weighted by atomic mass is 16.4. The fourth-order valence-corrected chi connectivity index (χ4v) is 3.18. The molecule has 4 rings (SSSR count). The van der Waals surface area contributed by atoms with Crippen LogP contribution in [0.1, 0.15) is 12.3 Å². The van der Waals surface area contributed by atoms with Crippen LogP contribution in [0.15, 0.2) is 83.4 Å². The van der Waals surface area contributed by atoms with Gasteiger partial charge in [-0.05, 0) is 11.5 Å². The van der Waals surface area contributed by atoms with Crippen molar-refractivity contribution in [2.45, 2.75) is 12.8 Å². The molecule has 3 aromatic carbocycles. The Bertz CT molecular complexity index is 1060. The Balaban J connectivity index is 1.46. The number of anilines is 1. The molecule has 0 aliphatic rings. The molecule has 4 heteroatoms. The highest BCUT2D eigenvalue weighted by Crippen LogP contribution is 2.26. The number of nitrogens with zero attached hydrogens (tertiary/aromatic N) is 2. The molecular formula is C23H20N2O2. The van der Waals surface area contributed by atoms with Gasteiger partial charge in [0, 0.05) is 30.8 Å². The standard InChI is InChI=1S/C23H20N2O2/c1-25(20-13-7-11-17-8-5-6-12-19(17)20)23(26)15-14-22-24-16-21(27-22)18-9-3-2-4-10-18/h2-13,16H,14-15H2,1H3. The number of carbonyl (C=O) groups excluding carboxylic acids is 1. The maximum absolute atomic E-state index is 12.7. The van der Waals surface area contributed by atoms with Gasteiger partial charge in [-0.1, -0.05) is 66.7 Å². The van der Waals surface area contributed by atoms with Gasteiger partial charge in [-0.15, -0.1) is 0 Å². The smallest absolute Gasteiger partial charge is 0.227 e. The monoisotopic (exact) mass is 356 g/mol. The molecule has 0 aliphatic heterocycles. The van der Waals surface area contributed by atoms with Crippen LogP contribution in [0, 0.1) is 0 Å². The molecule has 0 unspecified atom stereocenters. The summed E-state index contributed by atoms with van der Waals surface area (Å²) < 4.78 is 5.79. The molecule has 4 aromatic rings. The third kappa shape index (κ3) is 3.60. The van der Waals surface area contributed by atoms with E-state index < -0.39 is 0 Å². The lowest BCUT2D eigenvalue weighted by Crippen LogP contribution is -2.26. The molecule has 1 aromatic heterocycles. The summed E-state index contributed by atoms with van der Waals surface area (Å²) in [7, 11) is 1.81. The summed E-state index contributed by atoms with van der Waals surface area (Å²) in [5.41, 5.74) is 1.89. The van der Waals surface area contributed by atoms with E-state index in [4.69, 9.17) is 4.42 Å². The quantitative estimate of drug-likeness (QED) is 0.500. The van der Waals surface area contributed by atoms with Gasteiger partial charge in [-0.2, -0.15) is 0 Å². The SMILES string of the molecule is CN(C(=O)CCc1ncc(-c2ccccc2)o1)c1cccc2ccccc12. The number of oxazole rings is 1. The van der Waals surface area contributed by atoms with Crippen LogP contribution in [0.5, 0.6) is 0 Å². The largest absolute Gasteiger partial charge is 0.441 e. The number of hydrogen-bond donors (Lipinski definition) is 0. The predicted octanol–water partition coefficient (Wildman–Crippen LogP) is 5.09. The summed E-state index contributed by atoms with van der Waals surface area (Å²) in [6.45, 7) is 0. The van der Waals surface area contributed by atoms with Crippen LogP contribution in [0.4, 0.5) is 5.69 Å². The normalized spacial score (nSPS) is 10.9. The molecule has 0 N–H and O–H groups in total. The van der Waals surface area contributed by atoms with Crippen LogP contribution < -0.4 is 4.90 Å². The van der Waals surface area contributed by atoms with Gasteiger partial charge in [-0.25, -0.2) is 4.98 Å². The van der Waals surface area contributed by atoms with E-state index in [0.29, 0.717) is 18.7 Å². The maximum atomic E-state index is 12.7. The van der Waals surface area contributed by atoms with E-state index >= 15 is 0 Å². The van der Waals surface area contributed by atoms with E-state index in [9.17, 15) is 4.79 Å². The molecule has 0 spiro atoms. The van der Waals surface area contributed by atoms with E-state index in [1.807, 2.05) is 67.7 Å². The van der Waals surface area contributed by atoms with Gasteiger partial charge in [0.15, 0.2) is 11.7 Å². The van der Waals surface area contributed by atoms with Crippen LogP contribution in [0.25, 0.3) is 22.1 Å². The van der Waals surface area contributed by atoms with Crippen molar-refractivity contribution in [2.75, 3.05) is 11.9 Å². The summed E-state index contributed by atoms with van der Waals surface area (Å²) in [5, 5.41) is 2.19. The molecular weight excluding hydrogens is 336 g/mol. The molecule has 134 valence electrons. The highest BCUT2D eigenvalue weighted by molar-refractivity contribution is 6.03. The van der Waals surface area contributed by atoms with Crippen molar-refractivity contribution in [3.8, 4) is 11.3 Å². The van der Waals surface area contributed by atoms with Crippen molar-refractivity contribution >= 4 is 22.4 Å². The summed E-state index contributed by atoms with van der Waals surface area (Å²) in [6, 6.07) is 23.9. The fraction of sp³-hybridized carbons (Fsp3) is 0.130. The van der Waals surface area contributed by atoms with E-state index in [1.165, 1.54) is 0 Å². The maximum Gasteiger partial charge on any atom is 0.227 e. The first-order chi connectivity index (χ1) is 13.2. The first-order valence-electron chi connectivity index (χ1n) is 8.97. The van der Waals surface area contributed by atoms with Gasteiger partial charge in [0.05, 0.1) is 11.9 Å². The third-order valence-corrected chi connectivity index (χ3v) is 4.67. The molecule has 1 heterocycles. The second-order valence-electron chi connectivity index (χ2n) is 6.44. The molecule has 1 amide bonds. The average Bonchev–Trinajstić information content (AvgIpc) is 3.21. The topological polar surface area (TPSA) is 46.3 Å². The van der Waals surface area contributed by atoms with Gasteiger partial charge in [0.1, 0.15) is 0 Å².